The molecule has 1 aromatic heterocycles. The van der Waals surface area contributed by atoms with Crippen molar-refractivity contribution in [2.75, 3.05) is 20.1 Å². The average molecular weight is 321 g/mol. The molecule has 0 saturated carbocycles. The molecule has 0 aliphatic carbocycles. The van der Waals surface area contributed by atoms with Crippen LogP contribution in [0, 0.1) is 6.92 Å². The minimum Gasteiger partial charge on any atom is -0.358 e. The summed E-state index contributed by atoms with van der Waals surface area (Å²) < 4.78 is 26.1. The van der Waals surface area contributed by atoms with Gasteiger partial charge in [0.15, 0.2) is 0 Å². The Morgan fingerprint density at radius 1 is 1.36 bits per heavy atom. The second kappa shape index (κ2) is 5.40. The van der Waals surface area contributed by atoms with Crippen molar-refractivity contribution in [3.05, 3.63) is 35.5 Å². The van der Waals surface area contributed by atoms with E-state index >= 15 is 0 Å². The van der Waals surface area contributed by atoms with Crippen molar-refractivity contribution in [1.82, 2.24) is 14.6 Å². The van der Waals surface area contributed by atoms with Gasteiger partial charge in [-0.25, -0.2) is 13.1 Å². The number of rotatable bonds is 3. The van der Waals surface area contributed by atoms with E-state index in [0.29, 0.717) is 18.5 Å². The van der Waals surface area contributed by atoms with Crippen LogP contribution in [0.15, 0.2) is 24.3 Å². The van der Waals surface area contributed by atoms with Crippen LogP contribution >= 0.6 is 0 Å². The normalized spacial score (nSPS) is 19.0. The Bertz CT molecular complexity index is 826. The number of hydrogen-bond acceptors (Lipinski definition) is 3. The average Bonchev–Trinajstić information content (AvgIpc) is 3.10. The molecule has 1 unspecified atom stereocenters. The molecule has 1 fully saturated rings. The molecule has 1 aromatic carbocycles. The van der Waals surface area contributed by atoms with Crippen molar-refractivity contribution in [3.8, 4) is 0 Å². The second-order valence-electron chi connectivity index (χ2n) is 5.58. The predicted molar refractivity (Wildman–Crippen MR) is 85.3 cm³/mol. The number of benzene rings is 1. The number of nitrogens with one attached hydrogen (secondary N) is 2. The molecule has 2 heterocycles. The standard InChI is InChI=1S/C15H19N3O3S/c1-10-14(12-5-3-4-6-13(12)17-10)15(19)18-8-7-11(9-18)22(20,21)16-2/h3-6,11,16-17H,7-9H2,1-2H3. The first-order valence-electron chi connectivity index (χ1n) is 7.23. The highest BCUT2D eigenvalue weighted by Crippen LogP contribution is 2.26. The zero-order valence-electron chi connectivity index (χ0n) is 12.6. The van der Waals surface area contributed by atoms with Gasteiger partial charge in [0, 0.05) is 29.7 Å². The molecule has 2 aromatic rings. The number of aryl methyl sites for hydroxylation is 1. The highest BCUT2D eigenvalue weighted by molar-refractivity contribution is 7.90. The van der Waals surface area contributed by atoms with E-state index < -0.39 is 15.3 Å². The van der Waals surface area contributed by atoms with Crippen LogP contribution in [0.3, 0.4) is 0 Å². The molecule has 1 saturated heterocycles. The quantitative estimate of drug-likeness (QED) is 0.892. The number of aromatic amines is 1. The molecule has 1 aliphatic heterocycles. The van der Waals surface area contributed by atoms with Crippen LogP contribution in [-0.4, -0.2) is 49.6 Å². The number of amides is 1. The van der Waals surface area contributed by atoms with Crippen LogP contribution in [0.25, 0.3) is 10.9 Å². The minimum absolute atomic E-state index is 0.108. The van der Waals surface area contributed by atoms with E-state index in [2.05, 4.69) is 9.71 Å². The minimum atomic E-state index is -3.34. The Kier molecular flexibility index (Phi) is 3.70. The summed E-state index contributed by atoms with van der Waals surface area (Å²) in [6.07, 6.45) is 0.469. The third-order valence-corrected chi connectivity index (χ3v) is 6.09. The molecular formula is C15H19N3O3S. The maximum Gasteiger partial charge on any atom is 0.256 e. The molecule has 1 atom stereocenters. The summed E-state index contributed by atoms with van der Waals surface area (Å²) in [4.78, 5) is 17.6. The van der Waals surface area contributed by atoms with Crippen LogP contribution in [0.4, 0.5) is 0 Å². The number of fused-ring (bicyclic) bond motifs is 1. The molecule has 118 valence electrons. The summed E-state index contributed by atoms with van der Waals surface area (Å²) in [5, 5.41) is 0.344. The van der Waals surface area contributed by atoms with Crippen molar-refractivity contribution in [2.24, 2.45) is 0 Å². The Morgan fingerprint density at radius 2 is 2.09 bits per heavy atom. The monoisotopic (exact) mass is 321 g/mol. The van der Waals surface area contributed by atoms with Gasteiger partial charge in [-0.2, -0.15) is 0 Å². The number of H-pyrrole nitrogens is 1. The van der Waals surface area contributed by atoms with Crippen LogP contribution in [0.2, 0.25) is 0 Å². The lowest BCUT2D eigenvalue weighted by Gasteiger charge is -2.17. The molecule has 1 amide bonds. The molecule has 6 nitrogen and oxygen atoms in total. The van der Waals surface area contributed by atoms with E-state index in [1.165, 1.54) is 7.05 Å². The number of likely N-dealkylation sites (tertiary alicyclic amines) is 1. The lowest BCUT2D eigenvalue weighted by molar-refractivity contribution is 0.0794. The number of nitrogens with zero attached hydrogens (tertiary/aromatic N) is 1. The van der Waals surface area contributed by atoms with Gasteiger partial charge in [-0.05, 0) is 26.5 Å². The first kappa shape index (κ1) is 15.1. The molecule has 7 heteroatoms. The predicted octanol–water partition coefficient (Wildman–Crippen LogP) is 1.24. The molecule has 0 spiro atoms. The number of para-hydroxylation sites is 1. The third-order valence-electron chi connectivity index (χ3n) is 4.26. The zero-order valence-corrected chi connectivity index (χ0v) is 13.4. The number of carbonyl (C=O) groups excluding carboxylic acids is 1. The fraction of sp³-hybridized carbons (Fsp3) is 0.400. The van der Waals surface area contributed by atoms with Gasteiger partial charge in [0.2, 0.25) is 10.0 Å². The van der Waals surface area contributed by atoms with E-state index in [9.17, 15) is 13.2 Å². The lowest BCUT2D eigenvalue weighted by Crippen LogP contribution is -2.36. The van der Waals surface area contributed by atoms with Crippen molar-refractivity contribution >= 4 is 26.8 Å². The molecule has 22 heavy (non-hydrogen) atoms. The smallest absolute Gasteiger partial charge is 0.256 e. The maximum absolute atomic E-state index is 12.8. The zero-order chi connectivity index (χ0) is 15.9. The van der Waals surface area contributed by atoms with Crippen molar-refractivity contribution < 1.29 is 13.2 Å². The van der Waals surface area contributed by atoms with E-state index in [-0.39, 0.29) is 12.5 Å². The Labute approximate surface area is 129 Å². The Hall–Kier alpha value is -1.86. The fourth-order valence-corrected chi connectivity index (χ4v) is 4.17. The number of hydrogen-bond donors (Lipinski definition) is 2. The maximum atomic E-state index is 12.8. The molecule has 0 radical (unpaired) electrons. The van der Waals surface area contributed by atoms with E-state index in [0.717, 1.165) is 16.6 Å². The van der Waals surface area contributed by atoms with E-state index in [1.807, 2.05) is 31.2 Å². The highest BCUT2D eigenvalue weighted by atomic mass is 32.2. The van der Waals surface area contributed by atoms with Crippen LogP contribution in [0.1, 0.15) is 22.5 Å². The van der Waals surface area contributed by atoms with Crippen molar-refractivity contribution in [2.45, 2.75) is 18.6 Å². The number of aromatic nitrogens is 1. The summed E-state index contributed by atoms with van der Waals surface area (Å²) in [7, 11) is -1.93. The topological polar surface area (TPSA) is 82.3 Å². The SMILES string of the molecule is CNS(=O)(=O)C1CCN(C(=O)c2c(C)[nH]c3ccccc23)C1. The van der Waals surface area contributed by atoms with Crippen LogP contribution in [0.5, 0.6) is 0 Å². The summed E-state index contributed by atoms with van der Waals surface area (Å²) in [5.41, 5.74) is 2.37. The van der Waals surface area contributed by atoms with Gasteiger partial charge in [0.05, 0.1) is 10.8 Å². The van der Waals surface area contributed by atoms with Gasteiger partial charge in [-0.15, -0.1) is 0 Å². The first-order valence-corrected chi connectivity index (χ1v) is 8.77. The van der Waals surface area contributed by atoms with Gasteiger partial charge in [0.1, 0.15) is 0 Å². The number of sulfonamides is 1. The Balaban J connectivity index is 1.90. The Morgan fingerprint density at radius 3 is 2.82 bits per heavy atom. The molecule has 0 bridgehead atoms. The van der Waals surface area contributed by atoms with Crippen LogP contribution < -0.4 is 4.72 Å². The molecule has 3 rings (SSSR count). The third kappa shape index (κ3) is 2.40. The van der Waals surface area contributed by atoms with Gasteiger partial charge in [-0.1, -0.05) is 18.2 Å². The number of carbonyl (C=O) groups is 1. The van der Waals surface area contributed by atoms with Crippen molar-refractivity contribution in [1.29, 1.82) is 0 Å². The second-order valence-corrected chi connectivity index (χ2v) is 7.75. The van der Waals surface area contributed by atoms with Gasteiger partial charge < -0.3 is 9.88 Å². The summed E-state index contributed by atoms with van der Waals surface area (Å²) in [6, 6.07) is 7.64. The van der Waals surface area contributed by atoms with E-state index in [1.54, 1.807) is 4.90 Å². The summed E-state index contributed by atoms with van der Waals surface area (Å²) in [5.74, 6) is -0.108. The first-order chi connectivity index (χ1) is 10.4. The largest absolute Gasteiger partial charge is 0.358 e. The summed E-state index contributed by atoms with van der Waals surface area (Å²) in [6.45, 7) is 2.56. The van der Waals surface area contributed by atoms with Crippen LogP contribution in [-0.2, 0) is 10.0 Å². The highest BCUT2D eigenvalue weighted by Gasteiger charge is 2.35. The van der Waals surface area contributed by atoms with E-state index in [4.69, 9.17) is 0 Å². The molecular weight excluding hydrogens is 302 g/mol. The van der Waals surface area contributed by atoms with Gasteiger partial charge in [0.25, 0.3) is 5.91 Å². The fourth-order valence-electron chi connectivity index (χ4n) is 3.04. The van der Waals surface area contributed by atoms with Gasteiger partial charge in [-0.3, -0.25) is 4.79 Å². The van der Waals surface area contributed by atoms with Gasteiger partial charge >= 0.3 is 0 Å². The lowest BCUT2D eigenvalue weighted by atomic mass is 10.1. The van der Waals surface area contributed by atoms with Crippen molar-refractivity contribution in [3.63, 3.8) is 0 Å². The summed E-state index contributed by atoms with van der Waals surface area (Å²) >= 11 is 0. The molecule has 2 N–H and O–H groups in total. The molecule has 1 aliphatic rings.